The van der Waals surface area contributed by atoms with Gasteiger partial charge in [-0.1, -0.05) is 41.7 Å². The summed E-state index contributed by atoms with van der Waals surface area (Å²) >= 11 is 1.57. The van der Waals surface area contributed by atoms with E-state index in [2.05, 4.69) is 47.4 Å². The number of nitrogens with zero attached hydrogens (tertiary/aromatic N) is 3. The first kappa shape index (κ1) is 16.2. The van der Waals surface area contributed by atoms with Gasteiger partial charge < -0.3 is 5.32 Å². The number of para-hydroxylation sites is 1. The number of nitrogens with one attached hydrogen (secondary N) is 1. The van der Waals surface area contributed by atoms with Crippen molar-refractivity contribution < 1.29 is 4.79 Å². The standard InChI is InChI=1S/C21H18N4OS/c1-12-7-8-14(9-13(12)2)15-10-19(26)24-20-16(15)11-22-25(20)21-23-17-5-3-4-6-18(17)27-21/h3-9,11,15H,10H2,1-2H3,(H,24,26). The van der Waals surface area contributed by atoms with Gasteiger partial charge in [0, 0.05) is 17.9 Å². The minimum absolute atomic E-state index is 0.00795. The second kappa shape index (κ2) is 6.03. The Bertz CT molecular complexity index is 1160. The van der Waals surface area contributed by atoms with E-state index in [9.17, 15) is 4.79 Å². The van der Waals surface area contributed by atoms with Gasteiger partial charge >= 0.3 is 0 Å². The number of benzene rings is 2. The molecular weight excluding hydrogens is 356 g/mol. The van der Waals surface area contributed by atoms with Gasteiger partial charge in [-0.15, -0.1) is 0 Å². The van der Waals surface area contributed by atoms with E-state index in [1.165, 1.54) is 11.1 Å². The topological polar surface area (TPSA) is 59.8 Å². The van der Waals surface area contributed by atoms with Crippen LogP contribution in [-0.4, -0.2) is 20.7 Å². The number of anilines is 1. The van der Waals surface area contributed by atoms with Gasteiger partial charge in [-0.05, 0) is 42.7 Å². The van der Waals surface area contributed by atoms with E-state index in [1.807, 2.05) is 30.5 Å². The molecule has 5 rings (SSSR count). The molecule has 2 aromatic heterocycles. The van der Waals surface area contributed by atoms with Crippen LogP contribution < -0.4 is 5.32 Å². The van der Waals surface area contributed by atoms with Crippen molar-refractivity contribution in [3.8, 4) is 5.13 Å². The van der Waals surface area contributed by atoms with Gasteiger partial charge in [0.2, 0.25) is 11.0 Å². The summed E-state index contributed by atoms with van der Waals surface area (Å²) in [6.07, 6.45) is 2.29. The van der Waals surface area contributed by atoms with Gasteiger partial charge in [0.1, 0.15) is 5.82 Å². The van der Waals surface area contributed by atoms with Gasteiger partial charge in [0.05, 0.1) is 16.4 Å². The molecule has 5 nitrogen and oxygen atoms in total. The molecule has 3 heterocycles. The van der Waals surface area contributed by atoms with Crippen LogP contribution in [-0.2, 0) is 4.79 Å². The second-order valence-corrected chi connectivity index (χ2v) is 7.98. The molecule has 4 aromatic rings. The number of aryl methyl sites for hydroxylation is 2. The largest absolute Gasteiger partial charge is 0.310 e. The summed E-state index contributed by atoms with van der Waals surface area (Å²) in [5.74, 6) is 0.748. The molecule has 1 atom stereocenters. The molecule has 0 spiro atoms. The van der Waals surface area contributed by atoms with Crippen LogP contribution in [0.3, 0.4) is 0 Å². The SMILES string of the molecule is Cc1ccc(C2CC(=O)Nc3c2cnn3-c2nc3ccccc3s2)cc1C. The average Bonchev–Trinajstić information content (AvgIpc) is 3.26. The zero-order valence-electron chi connectivity index (χ0n) is 15.1. The lowest BCUT2D eigenvalue weighted by Crippen LogP contribution is -2.24. The van der Waals surface area contributed by atoms with Crippen molar-refractivity contribution in [1.29, 1.82) is 0 Å². The molecule has 1 aliphatic rings. The molecule has 1 unspecified atom stereocenters. The van der Waals surface area contributed by atoms with Crippen molar-refractivity contribution in [2.45, 2.75) is 26.2 Å². The van der Waals surface area contributed by atoms with Crippen LogP contribution >= 0.6 is 11.3 Å². The number of hydrogen-bond acceptors (Lipinski definition) is 4. The Kier molecular flexibility index (Phi) is 3.62. The number of rotatable bonds is 2. The fourth-order valence-electron chi connectivity index (χ4n) is 3.59. The maximum absolute atomic E-state index is 12.4. The lowest BCUT2D eigenvalue weighted by Gasteiger charge is -2.24. The number of carbonyl (C=O) groups excluding carboxylic acids is 1. The highest BCUT2D eigenvalue weighted by atomic mass is 32.1. The quantitative estimate of drug-likeness (QED) is 0.559. The van der Waals surface area contributed by atoms with Crippen molar-refractivity contribution in [1.82, 2.24) is 14.8 Å². The summed E-state index contributed by atoms with van der Waals surface area (Å²) in [7, 11) is 0. The highest BCUT2D eigenvalue weighted by Gasteiger charge is 2.31. The van der Waals surface area contributed by atoms with Crippen LogP contribution in [0.1, 0.15) is 34.6 Å². The van der Waals surface area contributed by atoms with Crippen LogP contribution in [0.5, 0.6) is 0 Å². The molecule has 6 heteroatoms. The van der Waals surface area contributed by atoms with E-state index in [0.717, 1.165) is 32.3 Å². The van der Waals surface area contributed by atoms with Gasteiger partial charge in [0.15, 0.2) is 0 Å². The Labute approximate surface area is 160 Å². The van der Waals surface area contributed by atoms with Gasteiger partial charge in [0.25, 0.3) is 0 Å². The maximum atomic E-state index is 12.4. The number of aromatic nitrogens is 3. The average molecular weight is 374 g/mol. The Morgan fingerprint density at radius 2 is 2.00 bits per heavy atom. The highest BCUT2D eigenvalue weighted by molar-refractivity contribution is 7.20. The van der Waals surface area contributed by atoms with Crippen molar-refractivity contribution >= 4 is 33.3 Å². The minimum Gasteiger partial charge on any atom is -0.310 e. The van der Waals surface area contributed by atoms with E-state index in [1.54, 1.807) is 16.0 Å². The number of amides is 1. The molecule has 0 radical (unpaired) electrons. The number of thiazole rings is 1. The van der Waals surface area contributed by atoms with Crippen LogP contribution in [0.2, 0.25) is 0 Å². The summed E-state index contributed by atoms with van der Waals surface area (Å²) in [5.41, 5.74) is 5.62. The maximum Gasteiger partial charge on any atom is 0.226 e. The normalized spacial score (nSPS) is 16.4. The number of fused-ring (bicyclic) bond motifs is 2. The summed E-state index contributed by atoms with van der Waals surface area (Å²) in [5, 5.41) is 8.33. The Hall–Kier alpha value is -2.99. The molecule has 0 aliphatic carbocycles. The third-order valence-corrected chi connectivity index (χ3v) is 6.23. The zero-order valence-corrected chi connectivity index (χ0v) is 15.9. The third kappa shape index (κ3) is 2.64. The first-order valence-corrected chi connectivity index (χ1v) is 9.72. The zero-order chi connectivity index (χ0) is 18.5. The first-order chi connectivity index (χ1) is 13.1. The van der Waals surface area contributed by atoms with Crippen LogP contribution in [0.25, 0.3) is 15.3 Å². The van der Waals surface area contributed by atoms with Crippen molar-refractivity contribution in [3.63, 3.8) is 0 Å². The van der Waals surface area contributed by atoms with Crippen molar-refractivity contribution in [2.24, 2.45) is 0 Å². The van der Waals surface area contributed by atoms with Gasteiger partial charge in [-0.3, -0.25) is 4.79 Å². The lowest BCUT2D eigenvalue weighted by molar-refractivity contribution is -0.116. The Morgan fingerprint density at radius 3 is 2.81 bits per heavy atom. The fourth-order valence-corrected chi connectivity index (χ4v) is 4.52. The summed E-state index contributed by atoms with van der Waals surface area (Å²) in [6, 6.07) is 14.4. The van der Waals surface area contributed by atoms with Crippen LogP contribution in [0.15, 0.2) is 48.7 Å². The van der Waals surface area contributed by atoms with E-state index in [0.29, 0.717) is 6.42 Å². The van der Waals surface area contributed by atoms with Crippen LogP contribution in [0.4, 0.5) is 5.82 Å². The molecule has 1 N–H and O–H groups in total. The predicted octanol–water partition coefficient (Wildman–Crippen LogP) is 4.57. The predicted molar refractivity (Wildman–Crippen MR) is 108 cm³/mol. The number of hydrogen-bond donors (Lipinski definition) is 1. The molecule has 0 saturated carbocycles. The van der Waals surface area contributed by atoms with Crippen LogP contribution in [0, 0.1) is 13.8 Å². The highest BCUT2D eigenvalue weighted by Crippen LogP contribution is 2.39. The van der Waals surface area contributed by atoms with Gasteiger partial charge in [-0.25, -0.2) is 4.98 Å². The molecule has 1 amide bonds. The first-order valence-electron chi connectivity index (χ1n) is 8.91. The minimum atomic E-state index is 0.00795. The van der Waals surface area contributed by atoms with E-state index in [-0.39, 0.29) is 11.8 Å². The third-order valence-electron chi connectivity index (χ3n) is 5.22. The molecule has 0 saturated heterocycles. The van der Waals surface area contributed by atoms with Crippen molar-refractivity contribution in [2.75, 3.05) is 5.32 Å². The van der Waals surface area contributed by atoms with Gasteiger partial charge in [-0.2, -0.15) is 9.78 Å². The fraction of sp³-hybridized carbons (Fsp3) is 0.190. The Morgan fingerprint density at radius 1 is 1.15 bits per heavy atom. The Balaban J connectivity index is 1.63. The monoisotopic (exact) mass is 374 g/mol. The summed E-state index contributed by atoms with van der Waals surface area (Å²) in [6.45, 7) is 4.20. The molecule has 27 heavy (non-hydrogen) atoms. The van der Waals surface area contributed by atoms with Crippen molar-refractivity contribution in [3.05, 3.63) is 70.9 Å². The molecule has 134 valence electrons. The van der Waals surface area contributed by atoms with E-state index < -0.39 is 0 Å². The summed E-state index contributed by atoms with van der Waals surface area (Å²) in [4.78, 5) is 17.1. The molecule has 2 aromatic carbocycles. The smallest absolute Gasteiger partial charge is 0.226 e. The molecular formula is C21H18N4OS. The van der Waals surface area contributed by atoms with E-state index in [4.69, 9.17) is 0 Å². The lowest BCUT2D eigenvalue weighted by atomic mass is 9.86. The molecule has 0 fully saturated rings. The molecule has 1 aliphatic heterocycles. The van der Waals surface area contributed by atoms with E-state index >= 15 is 0 Å². The molecule has 0 bridgehead atoms. The summed E-state index contributed by atoms with van der Waals surface area (Å²) < 4.78 is 2.86. The number of carbonyl (C=O) groups is 1. The second-order valence-electron chi connectivity index (χ2n) is 6.97.